The number of benzene rings is 3. The molecule has 0 unspecified atom stereocenters. The number of piperidine rings is 1. The molecular weight excluding hydrogens is 544 g/mol. The van der Waals surface area contributed by atoms with Gasteiger partial charge in [0.1, 0.15) is 6.04 Å². The molecule has 2 aliphatic rings. The lowest BCUT2D eigenvalue weighted by Gasteiger charge is -2.34. The number of carbonyl (C=O) groups excluding carboxylic acids is 3. The number of amides is 3. The van der Waals surface area contributed by atoms with Crippen molar-refractivity contribution in [3.8, 4) is 0 Å². The highest BCUT2D eigenvalue weighted by atomic mass is 32.2. The van der Waals surface area contributed by atoms with E-state index in [1.54, 1.807) is 36.4 Å². The number of fused-ring (bicyclic) bond motifs is 1. The molecule has 3 amide bonds. The van der Waals surface area contributed by atoms with Crippen LogP contribution in [0.5, 0.6) is 0 Å². The predicted molar refractivity (Wildman–Crippen MR) is 152 cm³/mol. The van der Waals surface area contributed by atoms with Crippen molar-refractivity contribution in [2.24, 2.45) is 0 Å². The minimum atomic E-state index is -4.11. The Labute approximate surface area is 239 Å². The number of rotatable bonds is 10. The van der Waals surface area contributed by atoms with Crippen LogP contribution in [0.4, 0.5) is 5.69 Å². The Kier molecular flexibility index (Phi) is 8.48. The SMILES string of the molecule is O=C(NO)[C@@H](CCCN1C(=O)c2ccccc2C1=O)NS(=O)(=O)c1ccc(N2CCC(c3ccccc3)CC2)cc1. The smallest absolute Gasteiger partial charge is 0.261 e. The molecule has 2 heterocycles. The van der Waals surface area contributed by atoms with E-state index in [-0.39, 0.29) is 24.3 Å². The van der Waals surface area contributed by atoms with Gasteiger partial charge in [0.25, 0.3) is 17.7 Å². The summed E-state index contributed by atoms with van der Waals surface area (Å²) in [5.74, 6) is -1.30. The Morgan fingerprint density at radius 1 is 0.878 bits per heavy atom. The number of nitrogens with zero attached hydrogens (tertiary/aromatic N) is 2. The maximum absolute atomic E-state index is 13.1. The number of imide groups is 1. The normalized spacial score (nSPS) is 16.5. The molecule has 41 heavy (non-hydrogen) atoms. The Hall–Kier alpha value is -4.06. The van der Waals surface area contributed by atoms with E-state index in [0.717, 1.165) is 36.5 Å². The second-order valence-corrected chi connectivity index (χ2v) is 12.0. The van der Waals surface area contributed by atoms with Crippen LogP contribution in [0.1, 0.15) is 57.9 Å². The van der Waals surface area contributed by atoms with Crippen LogP contribution in [0.25, 0.3) is 0 Å². The second kappa shape index (κ2) is 12.2. The largest absolute Gasteiger partial charge is 0.371 e. The first kappa shape index (κ1) is 28.5. The number of hydrogen-bond donors (Lipinski definition) is 3. The van der Waals surface area contributed by atoms with Crippen molar-refractivity contribution in [3.63, 3.8) is 0 Å². The number of anilines is 1. The molecule has 0 aliphatic carbocycles. The number of sulfonamides is 1. The molecule has 0 bridgehead atoms. The van der Waals surface area contributed by atoms with Gasteiger partial charge in [-0.2, -0.15) is 4.72 Å². The number of nitrogens with one attached hydrogen (secondary N) is 2. The monoisotopic (exact) mass is 576 g/mol. The van der Waals surface area contributed by atoms with Crippen molar-refractivity contribution < 1.29 is 28.0 Å². The lowest BCUT2D eigenvalue weighted by molar-refractivity contribution is -0.131. The van der Waals surface area contributed by atoms with Crippen molar-refractivity contribution in [2.45, 2.75) is 42.5 Å². The summed E-state index contributed by atoms with van der Waals surface area (Å²) in [6.45, 7) is 1.71. The van der Waals surface area contributed by atoms with Crippen molar-refractivity contribution in [2.75, 3.05) is 24.5 Å². The van der Waals surface area contributed by atoms with Gasteiger partial charge in [-0.25, -0.2) is 13.9 Å². The molecule has 214 valence electrons. The van der Waals surface area contributed by atoms with Crippen molar-refractivity contribution in [1.82, 2.24) is 15.1 Å². The molecule has 0 saturated carbocycles. The van der Waals surface area contributed by atoms with Gasteiger partial charge < -0.3 is 4.90 Å². The minimum absolute atomic E-state index is 0.00105. The van der Waals surface area contributed by atoms with Crippen LogP contribution in [0, 0.1) is 0 Å². The van der Waals surface area contributed by atoms with Gasteiger partial charge in [-0.3, -0.25) is 24.5 Å². The van der Waals surface area contributed by atoms with E-state index in [9.17, 15) is 28.0 Å². The fourth-order valence-electron chi connectivity index (χ4n) is 5.50. The maximum Gasteiger partial charge on any atom is 0.261 e. The fourth-order valence-corrected chi connectivity index (χ4v) is 6.73. The van der Waals surface area contributed by atoms with E-state index in [2.05, 4.69) is 33.9 Å². The van der Waals surface area contributed by atoms with Gasteiger partial charge in [-0.05, 0) is 73.6 Å². The van der Waals surface area contributed by atoms with E-state index >= 15 is 0 Å². The minimum Gasteiger partial charge on any atom is -0.371 e. The third-order valence-corrected chi connectivity index (χ3v) is 9.24. The van der Waals surface area contributed by atoms with E-state index in [1.807, 2.05) is 6.07 Å². The molecule has 11 heteroatoms. The van der Waals surface area contributed by atoms with Crippen LogP contribution in [0.15, 0.2) is 83.8 Å². The zero-order valence-corrected chi connectivity index (χ0v) is 23.2. The maximum atomic E-state index is 13.1. The van der Waals surface area contributed by atoms with Gasteiger partial charge in [0.2, 0.25) is 10.0 Å². The number of hydrogen-bond acceptors (Lipinski definition) is 7. The summed E-state index contributed by atoms with van der Waals surface area (Å²) in [7, 11) is -4.11. The van der Waals surface area contributed by atoms with Crippen LogP contribution in [-0.4, -0.2) is 61.9 Å². The first-order valence-corrected chi connectivity index (χ1v) is 15.1. The topological polar surface area (TPSA) is 136 Å². The van der Waals surface area contributed by atoms with Gasteiger partial charge in [0, 0.05) is 25.3 Å². The Morgan fingerprint density at radius 2 is 1.46 bits per heavy atom. The lowest BCUT2D eigenvalue weighted by Crippen LogP contribution is -2.46. The molecule has 1 atom stereocenters. The van der Waals surface area contributed by atoms with Crippen LogP contribution < -0.4 is 15.1 Å². The summed E-state index contributed by atoms with van der Waals surface area (Å²) >= 11 is 0. The molecule has 0 spiro atoms. The summed E-state index contributed by atoms with van der Waals surface area (Å²) in [4.78, 5) is 40.8. The summed E-state index contributed by atoms with van der Waals surface area (Å²) in [6, 6.07) is 22.1. The van der Waals surface area contributed by atoms with Gasteiger partial charge in [-0.1, -0.05) is 42.5 Å². The summed E-state index contributed by atoms with van der Waals surface area (Å²) in [5, 5.41) is 9.20. The quantitative estimate of drug-likeness (QED) is 0.191. The zero-order chi connectivity index (χ0) is 29.0. The van der Waals surface area contributed by atoms with Crippen molar-refractivity contribution in [1.29, 1.82) is 0 Å². The molecule has 3 aromatic rings. The van der Waals surface area contributed by atoms with Crippen molar-refractivity contribution in [3.05, 3.63) is 95.6 Å². The van der Waals surface area contributed by atoms with Crippen molar-refractivity contribution >= 4 is 33.4 Å². The summed E-state index contributed by atoms with van der Waals surface area (Å²) in [5.41, 5.74) is 4.38. The predicted octanol–water partition coefficient (Wildman–Crippen LogP) is 3.30. The average Bonchev–Trinajstić information content (AvgIpc) is 3.25. The van der Waals surface area contributed by atoms with Crippen LogP contribution in [0.3, 0.4) is 0 Å². The van der Waals surface area contributed by atoms with E-state index < -0.39 is 33.8 Å². The van der Waals surface area contributed by atoms with Crippen LogP contribution in [0.2, 0.25) is 0 Å². The molecule has 0 radical (unpaired) electrons. The number of carbonyl (C=O) groups is 3. The van der Waals surface area contributed by atoms with Crippen LogP contribution >= 0.6 is 0 Å². The van der Waals surface area contributed by atoms with Crippen LogP contribution in [-0.2, 0) is 14.8 Å². The molecule has 1 fully saturated rings. The number of hydroxylamine groups is 1. The van der Waals surface area contributed by atoms with E-state index in [4.69, 9.17) is 0 Å². The Bertz CT molecular complexity index is 1490. The van der Waals surface area contributed by atoms with Gasteiger partial charge in [0.05, 0.1) is 16.0 Å². The Morgan fingerprint density at radius 3 is 2.05 bits per heavy atom. The van der Waals surface area contributed by atoms with E-state index in [0.29, 0.717) is 17.0 Å². The lowest BCUT2D eigenvalue weighted by atomic mass is 9.89. The molecule has 10 nitrogen and oxygen atoms in total. The second-order valence-electron chi connectivity index (χ2n) is 10.3. The molecule has 5 rings (SSSR count). The molecule has 2 aliphatic heterocycles. The highest BCUT2D eigenvalue weighted by molar-refractivity contribution is 7.89. The Balaban J connectivity index is 1.18. The fraction of sp³-hybridized carbons (Fsp3) is 0.300. The standard InChI is InChI=1S/C30H32N4O6S/c35-28(31-38)27(11-6-18-34-29(36)25-9-4-5-10-26(25)30(34)37)32-41(39,40)24-14-12-23(13-15-24)33-19-16-22(17-20-33)21-7-2-1-3-8-21/h1-5,7-10,12-15,22,27,32,38H,6,11,16-20H2,(H,31,35)/t27-/m1/s1. The van der Waals surface area contributed by atoms with Gasteiger partial charge >= 0.3 is 0 Å². The highest BCUT2D eigenvalue weighted by Gasteiger charge is 2.35. The average molecular weight is 577 g/mol. The summed E-state index contributed by atoms with van der Waals surface area (Å²) < 4.78 is 28.6. The molecular formula is C30H32N4O6S. The van der Waals surface area contributed by atoms with E-state index in [1.165, 1.54) is 23.2 Å². The summed E-state index contributed by atoms with van der Waals surface area (Å²) in [6.07, 6.45) is 2.10. The van der Waals surface area contributed by atoms with Gasteiger partial charge in [-0.15, -0.1) is 0 Å². The first-order valence-electron chi connectivity index (χ1n) is 13.6. The molecule has 0 aromatic heterocycles. The molecule has 1 saturated heterocycles. The zero-order valence-electron chi connectivity index (χ0n) is 22.4. The third kappa shape index (κ3) is 6.17. The first-order chi connectivity index (χ1) is 19.8. The highest BCUT2D eigenvalue weighted by Crippen LogP contribution is 2.31. The molecule has 3 aromatic carbocycles. The molecule has 3 N–H and O–H groups in total. The van der Waals surface area contributed by atoms with Gasteiger partial charge in [0.15, 0.2) is 0 Å². The third-order valence-electron chi connectivity index (χ3n) is 7.75.